The summed E-state index contributed by atoms with van der Waals surface area (Å²) in [6, 6.07) is 0. The second-order valence-corrected chi connectivity index (χ2v) is 4.25. The molecule has 0 N–H and O–H groups in total. The minimum atomic E-state index is -0.613. The summed E-state index contributed by atoms with van der Waals surface area (Å²) in [6.07, 6.45) is 3.57. The van der Waals surface area contributed by atoms with E-state index in [2.05, 4.69) is 16.7 Å². The van der Waals surface area contributed by atoms with E-state index < -0.39 is 6.17 Å². The highest BCUT2D eigenvalue weighted by molar-refractivity contribution is 5.21. The van der Waals surface area contributed by atoms with Gasteiger partial charge in [-0.2, -0.15) is 0 Å². The Labute approximate surface area is 104 Å². The van der Waals surface area contributed by atoms with Gasteiger partial charge in [-0.15, -0.1) is 0 Å². The van der Waals surface area contributed by atoms with Crippen LogP contribution in [0.3, 0.4) is 0 Å². The number of hydrogen-bond donors (Lipinski definition) is 0. The van der Waals surface area contributed by atoms with Crippen LogP contribution in [-0.2, 0) is 4.74 Å². The Morgan fingerprint density at radius 1 is 1.47 bits per heavy atom. The van der Waals surface area contributed by atoms with E-state index in [9.17, 15) is 4.39 Å². The van der Waals surface area contributed by atoms with Gasteiger partial charge >= 0.3 is 0 Å². The van der Waals surface area contributed by atoms with Crippen molar-refractivity contribution in [2.75, 3.05) is 26.2 Å². The Balaban J connectivity index is 2.23. The van der Waals surface area contributed by atoms with Crippen molar-refractivity contribution in [1.29, 1.82) is 0 Å². The number of allylic oxidation sites excluding steroid dienone is 2. The normalized spacial score (nSPS) is 22.5. The van der Waals surface area contributed by atoms with Crippen LogP contribution in [0.2, 0.25) is 0 Å². The van der Waals surface area contributed by atoms with Crippen molar-refractivity contribution in [3.8, 4) is 11.8 Å². The van der Waals surface area contributed by atoms with Crippen molar-refractivity contribution in [1.82, 2.24) is 4.90 Å². The maximum absolute atomic E-state index is 13.1. The van der Waals surface area contributed by atoms with Crippen LogP contribution in [0.4, 0.5) is 4.39 Å². The monoisotopic (exact) mass is 239 g/mol. The van der Waals surface area contributed by atoms with E-state index >= 15 is 0 Å². The number of likely N-dealkylation sites (tertiary alicyclic amines) is 1. The summed E-state index contributed by atoms with van der Waals surface area (Å²) < 4.78 is 18.7. The van der Waals surface area contributed by atoms with Crippen molar-refractivity contribution in [3.05, 3.63) is 11.8 Å². The quantitative estimate of drug-likeness (QED) is 0.552. The number of hydrogen-bond acceptors (Lipinski definition) is 2. The molecule has 1 heterocycles. The Hall–Kier alpha value is -1.01. The van der Waals surface area contributed by atoms with Crippen LogP contribution >= 0.6 is 0 Å². The molecule has 1 saturated heterocycles. The summed E-state index contributed by atoms with van der Waals surface area (Å²) in [7, 11) is 0. The average Bonchev–Trinajstić information content (AvgIpc) is 2.53. The van der Waals surface area contributed by atoms with Gasteiger partial charge in [-0.25, -0.2) is 4.39 Å². The van der Waals surface area contributed by atoms with Crippen LogP contribution in [0.5, 0.6) is 0 Å². The van der Waals surface area contributed by atoms with E-state index in [4.69, 9.17) is 4.74 Å². The third kappa shape index (κ3) is 5.74. The first-order valence-corrected chi connectivity index (χ1v) is 6.34. The Kier molecular flexibility index (Phi) is 6.73. The van der Waals surface area contributed by atoms with Gasteiger partial charge in [0.25, 0.3) is 0 Å². The van der Waals surface area contributed by atoms with Crippen LogP contribution in [0.25, 0.3) is 0 Å². The zero-order valence-electron chi connectivity index (χ0n) is 10.8. The minimum absolute atomic E-state index is 0.613. The van der Waals surface area contributed by atoms with E-state index in [1.54, 1.807) is 6.92 Å². The molecule has 1 rings (SSSR count). The first-order valence-electron chi connectivity index (χ1n) is 6.34. The maximum atomic E-state index is 13.1. The lowest BCUT2D eigenvalue weighted by molar-refractivity contribution is 0.166. The predicted octanol–water partition coefficient (Wildman–Crippen LogP) is 2.75. The summed E-state index contributed by atoms with van der Waals surface area (Å²) >= 11 is 0. The zero-order valence-corrected chi connectivity index (χ0v) is 10.8. The van der Waals surface area contributed by atoms with Crippen LogP contribution in [0.15, 0.2) is 11.8 Å². The van der Waals surface area contributed by atoms with Crippen molar-refractivity contribution >= 4 is 0 Å². The Morgan fingerprint density at radius 3 is 3.00 bits per heavy atom. The van der Waals surface area contributed by atoms with E-state index in [-0.39, 0.29) is 0 Å². The fourth-order valence-electron chi connectivity index (χ4n) is 1.94. The lowest BCUT2D eigenvalue weighted by atomic mass is 10.2. The molecule has 2 nitrogen and oxygen atoms in total. The molecule has 0 bridgehead atoms. The molecule has 0 aromatic heterocycles. The maximum Gasteiger partial charge on any atom is 0.165 e. The van der Waals surface area contributed by atoms with Gasteiger partial charge < -0.3 is 4.74 Å². The van der Waals surface area contributed by atoms with E-state index in [1.807, 2.05) is 13.0 Å². The lowest BCUT2D eigenvalue weighted by Crippen LogP contribution is -2.28. The van der Waals surface area contributed by atoms with Crippen LogP contribution in [-0.4, -0.2) is 37.3 Å². The van der Waals surface area contributed by atoms with Gasteiger partial charge in [-0.05, 0) is 51.7 Å². The van der Waals surface area contributed by atoms with Gasteiger partial charge in [-0.1, -0.05) is 5.92 Å². The molecule has 0 aliphatic carbocycles. The second kappa shape index (κ2) is 8.14. The van der Waals surface area contributed by atoms with Crippen molar-refractivity contribution in [3.63, 3.8) is 0 Å². The van der Waals surface area contributed by atoms with Crippen LogP contribution in [0.1, 0.15) is 33.1 Å². The molecule has 0 spiro atoms. The lowest BCUT2D eigenvalue weighted by Gasteiger charge is -2.19. The highest BCUT2D eigenvalue weighted by Gasteiger charge is 2.15. The summed E-state index contributed by atoms with van der Waals surface area (Å²) in [5.74, 6) is 6.44. The molecule has 96 valence electrons. The van der Waals surface area contributed by atoms with Crippen LogP contribution in [0, 0.1) is 11.8 Å². The van der Waals surface area contributed by atoms with E-state index in [1.165, 1.54) is 0 Å². The number of alkyl halides is 1. The molecule has 1 aliphatic rings. The predicted molar refractivity (Wildman–Crippen MR) is 68.3 cm³/mol. The third-order valence-corrected chi connectivity index (χ3v) is 2.93. The van der Waals surface area contributed by atoms with Gasteiger partial charge in [0.05, 0.1) is 0 Å². The molecule has 0 aromatic carbocycles. The van der Waals surface area contributed by atoms with Gasteiger partial charge in [0.1, 0.15) is 12.8 Å². The third-order valence-electron chi connectivity index (χ3n) is 2.93. The molecule has 17 heavy (non-hydrogen) atoms. The van der Waals surface area contributed by atoms with Gasteiger partial charge in [0.2, 0.25) is 0 Å². The first kappa shape index (κ1) is 14.1. The molecule has 1 atom stereocenters. The summed E-state index contributed by atoms with van der Waals surface area (Å²) in [4.78, 5) is 2.27. The average molecular weight is 239 g/mol. The molecule has 1 fully saturated rings. The fourth-order valence-corrected chi connectivity index (χ4v) is 1.94. The molecular formula is C14H22FNO. The molecule has 1 aliphatic heterocycles. The Morgan fingerprint density at radius 2 is 2.29 bits per heavy atom. The number of nitrogens with zero attached hydrogens (tertiary/aromatic N) is 1. The van der Waals surface area contributed by atoms with E-state index in [0.29, 0.717) is 19.4 Å². The number of rotatable bonds is 4. The largest absolute Gasteiger partial charge is 0.484 e. The van der Waals surface area contributed by atoms with Gasteiger partial charge in [0, 0.05) is 13.1 Å². The Bertz CT molecular complexity index is 303. The molecule has 0 radical (unpaired) electrons. The van der Waals surface area contributed by atoms with Crippen molar-refractivity contribution < 1.29 is 9.13 Å². The van der Waals surface area contributed by atoms with Gasteiger partial charge in [-0.3, -0.25) is 4.90 Å². The number of ether oxygens (including phenoxy) is 1. The summed E-state index contributed by atoms with van der Waals surface area (Å²) in [5.41, 5.74) is 0. The summed E-state index contributed by atoms with van der Waals surface area (Å²) in [6.45, 7) is 7.02. The first-order chi connectivity index (χ1) is 8.26. The second-order valence-electron chi connectivity index (χ2n) is 4.25. The summed E-state index contributed by atoms with van der Waals surface area (Å²) in [5, 5.41) is 0. The fraction of sp³-hybridized carbons (Fsp3) is 0.714. The molecule has 0 amide bonds. The molecule has 0 aromatic rings. The minimum Gasteiger partial charge on any atom is -0.484 e. The molecule has 3 heteroatoms. The smallest absolute Gasteiger partial charge is 0.165 e. The topological polar surface area (TPSA) is 12.5 Å². The standard InChI is InChI=1S/C14H22FNO/c1-3-6-14(4-2)17-12-11-16-9-5-7-13(15)8-10-16/h4,13H,5,7-12H2,1-2H3/b14-4-. The molecule has 1 unspecified atom stereocenters. The van der Waals surface area contributed by atoms with Crippen molar-refractivity contribution in [2.45, 2.75) is 39.3 Å². The van der Waals surface area contributed by atoms with Crippen molar-refractivity contribution in [2.24, 2.45) is 0 Å². The highest BCUT2D eigenvalue weighted by atomic mass is 19.1. The van der Waals surface area contributed by atoms with Gasteiger partial charge in [0.15, 0.2) is 5.76 Å². The van der Waals surface area contributed by atoms with Crippen LogP contribution < -0.4 is 0 Å². The highest BCUT2D eigenvalue weighted by Crippen LogP contribution is 2.13. The number of halogens is 1. The SMILES string of the molecule is CC#C/C(=C/C)OCCN1CCCC(F)CC1. The molecule has 0 saturated carbocycles. The molecular weight excluding hydrogens is 217 g/mol. The zero-order chi connectivity index (χ0) is 12.5. The van der Waals surface area contributed by atoms with E-state index in [0.717, 1.165) is 31.8 Å².